The average Bonchev–Trinajstić information content (AvgIpc) is 2.53. The van der Waals surface area contributed by atoms with Crippen LogP contribution in [0.3, 0.4) is 0 Å². The summed E-state index contributed by atoms with van der Waals surface area (Å²) in [4.78, 5) is 27.7. The largest absolute Gasteiger partial charge is 0.452 e. The smallest absolute Gasteiger partial charge is 0.338 e. The fourth-order valence-corrected chi connectivity index (χ4v) is 2.46. The van der Waals surface area contributed by atoms with Gasteiger partial charge in [0.25, 0.3) is 5.91 Å². The molecule has 0 spiro atoms. The van der Waals surface area contributed by atoms with Crippen molar-refractivity contribution < 1.29 is 14.3 Å². The summed E-state index contributed by atoms with van der Waals surface area (Å²) in [6.07, 6.45) is 2.04. The third-order valence-electron chi connectivity index (χ3n) is 4.08. The number of esters is 1. The molecule has 1 amide bonds. The van der Waals surface area contributed by atoms with Crippen molar-refractivity contribution in [3.05, 3.63) is 29.8 Å². The van der Waals surface area contributed by atoms with E-state index >= 15 is 0 Å². The van der Waals surface area contributed by atoms with Crippen molar-refractivity contribution in [1.82, 2.24) is 4.90 Å². The molecule has 0 bridgehead atoms. The molecule has 1 heterocycles. The molecule has 22 heavy (non-hydrogen) atoms. The Labute approximate surface area is 131 Å². The molecule has 0 unspecified atom stereocenters. The predicted octanol–water partition coefficient (Wildman–Crippen LogP) is 2.17. The van der Waals surface area contributed by atoms with Crippen LogP contribution in [0.2, 0.25) is 0 Å². The van der Waals surface area contributed by atoms with E-state index in [1.165, 1.54) is 0 Å². The molecule has 0 saturated carbocycles. The molecule has 1 aliphatic rings. The third-order valence-corrected chi connectivity index (χ3v) is 4.08. The zero-order chi connectivity index (χ0) is 16.1. The van der Waals surface area contributed by atoms with Gasteiger partial charge in [-0.3, -0.25) is 4.79 Å². The fourth-order valence-electron chi connectivity index (χ4n) is 2.46. The van der Waals surface area contributed by atoms with E-state index in [-0.39, 0.29) is 12.5 Å². The van der Waals surface area contributed by atoms with Crippen molar-refractivity contribution in [2.24, 2.45) is 5.92 Å². The van der Waals surface area contributed by atoms with Crippen LogP contribution in [0.15, 0.2) is 24.3 Å². The van der Waals surface area contributed by atoms with Crippen molar-refractivity contribution >= 4 is 17.6 Å². The van der Waals surface area contributed by atoms with E-state index in [0.29, 0.717) is 11.5 Å². The van der Waals surface area contributed by atoms with Crippen LogP contribution >= 0.6 is 0 Å². The molecule has 0 radical (unpaired) electrons. The second kappa shape index (κ2) is 7.29. The van der Waals surface area contributed by atoms with Gasteiger partial charge in [-0.15, -0.1) is 0 Å². The minimum Gasteiger partial charge on any atom is -0.452 e. The summed E-state index contributed by atoms with van der Waals surface area (Å²) >= 11 is 0. The van der Waals surface area contributed by atoms with Gasteiger partial charge in [-0.1, -0.05) is 6.92 Å². The molecule has 0 atom stereocenters. The summed E-state index contributed by atoms with van der Waals surface area (Å²) in [6, 6.07) is 7.13. The number of likely N-dealkylation sites (tertiary alicyclic amines) is 1. The van der Waals surface area contributed by atoms with Gasteiger partial charge in [0, 0.05) is 32.9 Å². The number of carbonyl (C=O) groups excluding carboxylic acids is 2. The highest BCUT2D eigenvalue weighted by atomic mass is 16.5. The van der Waals surface area contributed by atoms with Gasteiger partial charge >= 0.3 is 5.97 Å². The number of carbonyl (C=O) groups is 2. The first-order valence-electron chi connectivity index (χ1n) is 7.69. The molecule has 0 aliphatic carbocycles. The first-order chi connectivity index (χ1) is 10.5. The van der Waals surface area contributed by atoms with Gasteiger partial charge in [-0.25, -0.2) is 4.79 Å². The molecular weight excluding hydrogens is 280 g/mol. The van der Waals surface area contributed by atoms with Gasteiger partial charge in [0.05, 0.1) is 5.56 Å². The number of ether oxygens (including phenoxy) is 1. The second-order valence-corrected chi connectivity index (χ2v) is 6.08. The lowest BCUT2D eigenvalue weighted by Gasteiger charge is -2.30. The van der Waals surface area contributed by atoms with E-state index in [2.05, 4.69) is 6.92 Å². The first-order valence-corrected chi connectivity index (χ1v) is 7.69. The van der Waals surface area contributed by atoms with Crippen LogP contribution in [0.1, 0.15) is 30.1 Å². The lowest BCUT2D eigenvalue weighted by Crippen LogP contribution is -2.40. The van der Waals surface area contributed by atoms with Gasteiger partial charge in [-0.2, -0.15) is 0 Å². The monoisotopic (exact) mass is 304 g/mol. The third kappa shape index (κ3) is 4.23. The van der Waals surface area contributed by atoms with Gasteiger partial charge in [0.15, 0.2) is 6.61 Å². The summed E-state index contributed by atoms with van der Waals surface area (Å²) < 4.78 is 5.13. The number of piperidine rings is 1. The van der Waals surface area contributed by atoms with E-state index in [1.54, 1.807) is 17.0 Å². The number of hydrogen-bond acceptors (Lipinski definition) is 4. The molecule has 1 aliphatic heterocycles. The maximum Gasteiger partial charge on any atom is 0.338 e. The van der Waals surface area contributed by atoms with E-state index in [1.807, 2.05) is 31.1 Å². The minimum atomic E-state index is -0.455. The second-order valence-electron chi connectivity index (χ2n) is 6.08. The molecule has 0 N–H and O–H groups in total. The Morgan fingerprint density at radius 2 is 1.77 bits per heavy atom. The number of nitrogens with zero attached hydrogens (tertiary/aromatic N) is 2. The topological polar surface area (TPSA) is 49.9 Å². The van der Waals surface area contributed by atoms with Crippen molar-refractivity contribution in [2.75, 3.05) is 38.7 Å². The van der Waals surface area contributed by atoms with E-state index in [0.717, 1.165) is 31.6 Å². The highest BCUT2D eigenvalue weighted by Gasteiger charge is 2.21. The minimum absolute atomic E-state index is 0.106. The molecule has 2 rings (SSSR count). The van der Waals surface area contributed by atoms with Gasteiger partial charge in [-0.05, 0) is 43.0 Å². The highest BCUT2D eigenvalue weighted by molar-refractivity contribution is 5.91. The zero-order valence-corrected chi connectivity index (χ0v) is 13.5. The number of amides is 1. The van der Waals surface area contributed by atoms with Crippen molar-refractivity contribution in [3.63, 3.8) is 0 Å². The maximum absolute atomic E-state index is 12.0. The zero-order valence-electron chi connectivity index (χ0n) is 13.5. The standard InChI is InChI=1S/C17H24N2O3/c1-13-8-10-19(11-9-13)16(20)12-22-17(21)14-4-6-15(7-5-14)18(2)3/h4-7,13H,8-12H2,1-3H3. The van der Waals surface area contributed by atoms with Gasteiger partial charge in [0.2, 0.25) is 0 Å². The molecular formula is C17H24N2O3. The van der Waals surface area contributed by atoms with Crippen LogP contribution < -0.4 is 4.90 Å². The quantitative estimate of drug-likeness (QED) is 0.800. The molecule has 5 heteroatoms. The Hall–Kier alpha value is -2.04. The number of benzene rings is 1. The lowest BCUT2D eigenvalue weighted by molar-refractivity contribution is -0.135. The van der Waals surface area contributed by atoms with Crippen molar-refractivity contribution in [2.45, 2.75) is 19.8 Å². The summed E-state index contributed by atoms with van der Waals surface area (Å²) in [5.74, 6) is 0.107. The number of anilines is 1. The Morgan fingerprint density at radius 1 is 1.18 bits per heavy atom. The Bertz CT molecular complexity index is 517. The Balaban J connectivity index is 1.83. The SMILES string of the molecule is CC1CCN(C(=O)COC(=O)c2ccc(N(C)C)cc2)CC1. The summed E-state index contributed by atoms with van der Waals surface area (Å²) in [7, 11) is 3.87. The van der Waals surface area contributed by atoms with E-state index in [9.17, 15) is 9.59 Å². The van der Waals surface area contributed by atoms with E-state index < -0.39 is 5.97 Å². The lowest BCUT2D eigenvalue weighted by atomic mass is 9.99. The summed E-state index contributed by atoms with van der Waals surface area (Å²) in [5.41, 5.74) is 1.47. The van der Waals surface area contributed by atoms with Gasteiger partial charge < -0.3 is 14.5 Å². The van der Waals surface area contributed by atoms with Crippen LogP contribution in [-0.2, 0) is 9.53 Å². The molecule has 5 nitrogen and oxygen atoms in total. The average molecular weight is 304 g/mol. The Morgan fingerprint density at radius 3 is 2.32 bits per heavy atom. The first kappa shape index (κ1) is 16.3. The molecule has 1 fully saturated rings. The molecule has 120 valence electrons. The van der Waals surface area contributed by atoms with Crippen LogP contribution in [0.5, 0.6) is 0 Å². The maximum atomic E-state index is 12.0. The number of rotatable bonds is 4. The van der Waals surface area contributed by atoms with Gasteiger partial charge in [0.1, 0.15) is 0 Å². The van der Waals surface area contributed by atoms with E-state index in [4.69, 9.17) is 4.74 Å². The van der Waals surface area contributed by atoms with Crippen LogP contribution in [0, 0.1) is 5.92 Å². The number of hydrogen-bond donors (Lipinski definition) is 0. The van der Waals surface area contributed by atoms with Crippen LogP contribution in [0.4, 0.5) is 5.69 Å². The summed E-state index contributed by atoms with van der Waals surface area (Å²) in [5, 5.41) is 0. The summed E-state index contributed by atoms with van der Waals surface area (Å²) in [6.45, 7) is 3.53. The molecule has 0 aromatic heterocycles. The highest BCUT2D eigenvalue weighted by Crippen LogP contribution is 2.16. The molecule has 1 saturated heterocycles. The van der Waals surface area contributed by atoms with Crippen molar-refractivity contribution in [3.8, 4) is 0 Å². The van der Waals surface area contributed by atoms with Crippen LogP contribution in [-0.4, -0.2) is 50.6 Å². The van der Waals surface area contributed by atoms with Crippen molar-refractivity contribution in [1.29, 1.82) is 0 Å². The molecule has 1 aromatic rings. The molecule has 1 aromatic carbocycles. The fraction of sp³-hybridized carbons (Fsp3) is 0.529. The predicted molar refractivity (Wildman–Crippen MR) is 86.0 cm³/mol. The normalized spacial score (nSPS) is 15.5. The Kier molecular flexibility index (Phi) is 5.41. The van der Waals surface area contributed by atoms with Crippen LogP contribution in [0.25, 0.3) is 0 Å².